The van der Waals surface area contributed by atoms with E-state index in [1.54, 1.807) is 16.9 Å². The van der Waals surface area contributed by atoms with Crippen molar-refractivity contribution in [3.63, 3.8) is 0 Å². The van der Waals surface area contributed by atoms with Crippen LogP contribution in [0.4, 0.5) is 0 Å². The first-order valence-electron chi connectivity index (χ1n) is 4.88. The van der Waals surface area contributed by atoms with E-state index in [9.17, 15) is 0 Å². The summed E-state index contributed by atoms with van der Waals surface area (Å²) in [6, 6.07) is 5.23. The molecule has 1 aromatic carbocycles. The molecule has 2 aromatic rings. The Bertz CT molecular complexity index is 534. The molecule has 90 valence electrons. The molecule has 0 fully saturated rings. The quantitative estimate of drug-likeness (QED) is 0.912. The lowest BCUT2D eigenvalue weighted by atomic mass is 10.0. The molecule has 17 heavy (non-hydrogen) atoms. The summed E-state index contributed by atoms with van der Waals surface area (Å²) >= 11 is 15.4. The second-order valence-electron chi connectivity index (χ2n) is 3.65. The monoisotopic (exact) mass is 333 g/mol. The highest BCUT2D eigenvalue weighted by Crippen LogP contribution is 2.30. The maximum Gasteiger partial charge on any atom is 0.0837 e. The van der Waals surface area contributed by atoms with E-state index >= 15 is 0 Å². The van der Waals surface area contributed by atoms with E-state index in [0.29, 0.717) is 10.0 Å². The molecule has 0 aliphatic heterocycles. The highest BCUT2D eigenvalue weighted by molar-refractivity contribution is 9.10. The second kappa shape index (κ2) is 4.98. The molecule has 1 heterocycles. The molecule has 0 saturated carbocycles. The number of hydrogen-bond donors (Lipinski definition) is 1. The first-order valence-corrected chi connectivity index (χ1v) is 6.43. The summed E-state index contributed by atoms with van der Waals surface area (Å²) in [5, 5.41) is 5.28. The first-order chi connectivity index (χ1) is 8.00. The fraction of sp³-hybridized carbons (Fsp3) is 0.182. The Morgan fingerprint density at radius 2 is 2.06 bits per heavy atom. The standard InChI is InChI=1S/C11H10BrCl2N3/c1-17-11(9(14)5-16-17)10(15)6-2-3-8(13)7(12)4-6/h2-5,10H,15H2,1H3. The van der Waals surface area contributed by atoms with Gasteiger partial charge >= 0.3 is 0 Å². The zero-order valence-corrected chi connectivity index (χ0v) is 12.1. The average molecular weight is 335 g/mol. The Labute approximate surface area is 118 Å². The van der Waals surface area contributed by atoms with Crippen molar-refractivity contribution in [3.05, 3.63) is 50.2 Å². The van der Waals surface area contributed by atoms with Crippen molar-refractivity contribution in [1.82, 2.24) is 9.78 Å². The van der Waals surface area contributed by atoms with Crippen LogP contribution in [0.15, 0.2) is 28.9 Å². The highest BCUT2D eigenvalue weighted by atomic mass is 79.9. The summed E-state index contributed by atoms with van der Waals surface area (Å²) in [5.41, 5.74) is 7.87. The van der Waals surface area contributed by atoms with Crippen molar-refractivity contribution in [2.45, 2.75) is 6.04 Å². The minimum Gasteiger partial charge on any atom is -0.319 e. The molecular formula is C11H10BrCl2N3. The zero-order valence-electron chi connectivity index (χ0n) is 8.99. The topological polar surface area (TPSA) is 43.8 Å². The number of nitrogens with two attached hydrogens (primary N) is 1. The predicted molar refractivity (Wildman–Crippen MR) is 73.4 cm³/mol. The molecule has 0 aliphatic carbocycles. The molecule has 1 atom stereocenters. The van der Waals surface area contributed by atoms with E-state index in [4.69, 9.17) is 28.9 Å². The van der Waals surface area contributed by atoms with Gasteiger partial charge in [-0.25, -0.2) is 0 Å². The molecule has 0 spiro atoms. The average Bonchev–Trinajstić information content (AvgIpc) is 2.62. The molecule has 3 nitrogen and oxygen atoms in total. The van der Waals surface area contributed by atoms with Crippen LogP contribution in [-0.2, 0) is 7.05 Å². The zero-order chi connectivity index (χ0) is 12.6. The van der Waals surface area contributed by atoms with E-state index in [0.717, 1.165) is 15.7 Å². The van der Waals surface area contributed by atoms with Crippen molar-refractivity contribution >= 4 is 39.1 Å². The Morgan fingerprint density at radius 3 is 2.59 bits per heavy atom. The number of nitrogens with zero attached hydrogens (tertiary/aromatic N) is 2. The third kappa shape index (κ3) is 2.50. The fourth-order valence-corrected chi connectivity index (χ4v) is 2.43. The molecule has 0 amide bonds. The summed E-state index contributed by atoms with van der Waals surface area (Å²) in [6.07, 6.45) is 1.59. The number of rotatable bonds is 2. The molecule has 0 radical (unpaired) electrons. The van der Waals surface area contributed by atoms with E-state index in [1.807, 2.05) is 19.2 Å². The molecule has 0 bridgehead atoms. The lowest BCUT2D eigenvalue weighted by Crippen LogP contribution is -2.16. The van der Waals surface area contributed by atoms with Crippen molar-refractivity contribution in [3.8, 4) is 0 Å². The highest BCUT2D eigenvalue weighted by Gasteiger charge is 2.17. The van der Waals surface area contributed by atoms with E-state index in [-0.39, 0.29) is 6.04 Å². The van der Waals surface area contributed by atoms with Crippen LogP contribution >= 0.6 is 39.1 Å². The molecule has 0 aliphatic rings. The smallest absolute Gasteiger partial charge is 0.0837 e. The minimum atomic E-state index is -0.330. The van der Waals surface area contributed by atoms with Gasteiger partial charge in [-0.2, -0.15) is 5.10 Å². The number of halogens is 3. The molecule has 2 rings (SSSR count). The molecule has 0 saturated heterocycles. The van der Waals surface area contributed by atoms with E-state index in [2.05, 4.69) is 21.0 Å². The summed E-state index contributed by atoms with van der Waals surface area (Å²) < 4.78 is 2.49. The fourth-order valence-electron chi connectivity index (χ4n) is 1.63. The van der Waals surface area contributed by atoms with Crippen LogP contribution < -0.4 is 5.73 Å². The maximum atomic E-state index is 6.17. The van der Waals surface area contributed by atoms with Gasteiger partial charge in [-0.15, -0.1) is 0 Å². The van der Waals surface area contributed by atoms with E-state index in [1.165, 1.54) is 0 Å². The van der Waals surface area contributed by atoms with Crippen LogP contribution in [0, 0.1) is 0 Å². The van der Waals surface area contributed by atoms with Crippen molar-refractivity contribution in [2.24, 2.45) is 12.8 Å². The third-order valence-electron chi connectivity index (χ3n) is 2.53. The Kier molecular flexibility index (Phi) is 3.78. The Morgan fingerprint density at radius 1 is 1.35 bits per heavy atom. The van der Waals surface area contributed by atoms with Crippen molar-refractivity contribution < 1.29 is 0 Å². The number of benzene rings is 1. The van der Waals surface area contributed by atoms with E-state index < -0.39 is 0 Å². The lowest BCUT2D eigenvalue weighted by molar-refractivity contribution is 0.673. The molecule has 2 N–H and O–H groups in total. The summed E-state index contributed by atoms with van der Waals surface area (Å²) in [4.78, 5) is 0. The molecule has 6 heteroatoms. The van der Waals surface area contributed by atoms with Gasteiger partial charge in [-0.05, 0) is 33.6 Å². The lowest BCUT2D eigenvalue weighted by Gasteiger charge is -2.14. The number of aromatic nitrogens is 2. The molecular weight excluding hydrogens is 325 g/mol. The largest absolute Gasteiger partial charge is 0.319 e. The summed E-state index contributed by atoms with van der Waals surface area (Å²) in [5.74, 6) is 0. The van der Waals surface area contributed by atoms with Gasteiger partial charge in [0.05, 0.1) is 28.0 Å². The van der Waals surface area contributed by atoms with Crippen molar-refractivity contribution in [2.75, 3.05) is 0 Å². The molecule has 1 unspecified atom stereocenters. The van der Waals surface area contributed by atoms with Crippen LogP contribution in [0.2, 0.25) is 10.0 Å². The van der Waals surface area contributed by atoms with Gasteiger partial charge in [0, 0.05) is 11.5 Å². The van der Waals surface area contributed by atoms with Crippen LogP contribution in [0.5, 0.6) is 0 Å². The second-order valence-corrected chi connectivity index (χ2v) is 5.32. The van der Waals surface area contributed by atoms with Gasteiger partial charge in [0.2, 0.25) is 0 Å². The van der Waals surface area contributed by atoms with Crippen LogP contribution in [0.25, 0.3) is 0 Å². The summed E-state index contributed by atoms with van der Waals surface area (Å²) in [6.45, 7) is 0. The molecule has 1 aromatic heterocycles. The minimum absolute atomic E-state index is 0.330. The summed E-state index contributed by atoms with van der Waals surface area (Å²) in [7, 11) is 1.81. The van der Waals surface area contributed by atoms with Crippen molar-refractivity contribution in [1.29, 1.82) is 0 Å². The van der Waals surface area contributed by atoms with Gasteiger partial charge in [0.25, 0.3) is 0 Å². The van der Waals surface area contributed by atoms with Gasteiger partial charge in [0.15, 0.2) is 0 Å². The third-order valence-corrected chi connectivity index (χ3v) is 4.04. The predicted octanol–water partition coefficient (Wildman–Crippen LogP) is 3.54. The first kappa shape index (κ1) is 12.9. The number of hydrogen-bond acceptors (Lipinski definition) is 2. The normalized spacial score (nSPS) is 12.8. The van der Waals surface area contributed by atoms with Gasteiger partial charge < -0.3 is 5.73 Å². The maximum absolute atomic E-state index is 6.17. The van der Waals surface area contributed by atoms with Crippen LogP contribution in [0.1, 0.15) is 17.3 Å². The SMILES string of the molecule is Cn1ncc(Cl)c1C(N)c1ccc(Cl)c(Br)c1. The van der Waals surface area contributed by atoms with Gasteiger partial charge in [-0.1, -0.05) is 29.3 Å². The Hall–Kier alpha value is -0.550. The van der Waals surface area contributed by atoms with Gasteiger partial charge in [-0.3, -0.25) is 4.68 Å². The van der Waals surface area contributed by atoms with Crippen LogP contribution in [0.3, 0.4) is 0 Å². The van der Waals surface area contributed by atoms with Gasteiger partial charge in [0.1, 0.15) is 0 Å². The number of aryl methyl sites for hydroxylation is 1. The Balaban J connectivity index is 2.43. The van der Waals surface area contributed by atoms with Crippen LogP contribution in [-0.4, -0.2) is 9.78 Å².